The zero-order valence-corrected chi connectivity index (χ0v) is 17.8. The normalized spacial score (nSPS) is 11.0. The van der Waals surface area contributed by atoms with Gasteiger partial charge in [-0.25, -0.2) is 13.2 Å². The van der Waals surface area contributed by atoms with Gasteiger partial charge in [-0.15, -0.1) is 0 Å². The molecule has 0 saturated heterocycles. The molecule has 7 nitrogen and oxygen atoms in total. The lowest BCUT2D eigenvalue weighted by atomic mass is 10.2. The molecular formula is C17H15Cl3N2O5S. The molecule has 0 spiro atoms. The topological polar surface area (TPSA) is 92.8 Å². The summed E-state index contributed by atoms with van der Waals surface area (Å²) in [5.41, 5.74) is 0.442. The van der Waals surface area contributed by atoms with E-state index in [4.69, 9.17) is 34.8 Å². The van der Waals surface area contributed by atoms with Crippen molar-refractivity contribution in [2.24, 2.45) is 0 Å². The average molecular weight is 466 g/mol. The number of nitrogens with zero attached hydrogens (tertiary/aromatic N) is 1. The Kier molecular flexibility index (Phi) is 7.16. The summed E-state index contributed by atoms with van der Waals surface area (Å²) in [6.07, 6.45) is 0.951. The molecule has 1 amide bonds. The second-order valence-electron chi connectivity index (χ2n) is 5.63. The molecule has 0 heterocycles. The van der Waals surface area contributed by atoms with Crippen LogP contribution < -0.4 is 9.62 Å². The summed E-state index contributed by atoms with van der Waals surface area (Å²) in [6.45, 7) is -0.536. The molecule has 0 aliphatic rings. The lowest BCUT2D eigenvalue weighted by Gasteiger charge is -2.22. The highest BCUT2D eigenvalue weighted by Gasteiger charge is 2.22. The Morgan fingerprint density at radius 1 is 1.07 bits per heavy atom. The number of benzene rings is 2. The molecule has 2 aromatic carbocycles. The fourth-order valence-electron chi connectivity index (χ4n) is 2.28. The molecule has 0 radical (unpaired) electrons. The molecule has 0 aromatic heterocycles. The minimum absolute atomic E-state index is 0.0589. The molecule has 2 aromatic rings. The molecule has 0 aliphatic carbocycles. The number of halogens is 3. The van der Waals surface area contributed by atoms with Crippen molar-refractivity contribution in [3.8, 4) is 0 Å². The highest BCUT2D eigenvalue weighted by molar-refractivity contribution is 7.92. The van der Waals surface area contributed by atoms with Gasteiger partial charge in [-0.1, -0.05) is 34.8 Å². The van der Waals surface area contributed by atoms with Crippen molar-refractivity contribution < 1.29 is 22.7 Å². The number of amides is 1. The van der Waals surface area contributed by atoms with Crippen LogP contribution in [0.2, 0.25) is 15.1 Å². The van der Waals surface area contributed by atoms with Crippen LogP contribution in [0.3, 0.4) is 0 Å². The first kappa shape index (κ1) is 22.3. The van der Waals surface area contributed by atoms with E-state index in [2.05, 4.69) is 10.1 Å². The molecule has 0 fully saturated rings. The zero-order valence-electron chi connectivity index (χ0n) is 14.7. The third-order valence-corrected chi connectivity index (χ3v) is 5.38. The molecule has 150 valence electrons. The highest BCUT2D eigenvalue weighted by Crippen LogP contribution is 2.27. The minimum atomic E-state index is -3.81. The van der Waals surface area contributed by atoms with Crippen molar-refractivity contribution in [3.63, 3.8) is 0 Å². The highest BCUT2D eigenvalue weighted by atomic mass is 35.5. The average Bonchev–Trinajstić information content (AvgIpc) is 2.58. The lowest BCUT2D eigenvalue weighted by Crippen LogP contribution is -2.37. The van der Waals surface area contributed by atoms with Gasteiger partial charge >= 0.3 is 5.97 Å². The number of nitrogens with one attached hydrogen (secondary N) is 1. The Bertz CT molecular complexity index is 1010. The van der Waals surface area contributed by atoms with Crippen LogP contribution in [0.4, 0.5) is 11.4 Å². The van der Waals surface area contributed by atoms with Crippen LogP contribution >= 0.6 is 34.8 Å². The Labute approximate surface area is 177 Å². The molecule has 11 heteroatoms. The molecule has 1 N–H and O–H groups in total. The van der Waals surface area contributed by atoms with Crippen molar-refractivity contribution in [3.05, 3.63) is 57.0 Å². The summed E-state index contributed by atoms with van der Waals surface area (Å²) >= 11 is 17.8. The maximum Gasteiger partial charge on any atom is 0.339 e. The summed E-state index contributed by atoms with van der Waals surface area (Å²) in [4.78, 5) is 24.1. The predicted molar refractivity (Wildman–Crippen MR) is 110 cm³/mol. The van der Waals surface area contributed by atoms with Gasteiger partial charge in [0.1, 0.15) is 6.54 Å². The van der Waals surface area contributed by atoms with E-state index in [1.807, 2.05) is 0 Å². The van der Waals surface area contributed by atoms with Gasteiger partial charge in [0.05, 0.1) is 29.6 Å². The first-order valence-corrected chi connectivity index (χ1v) is 10.6. The van der Waals surface area contributed by atoms with Crippen LogP contribution in [0.15, 0.2) is 36.4 Å². The van der Waals surface area contributed by atoms with Gasteiger partial charge in [0.2, 0.25) is 15.9 Å². The van der Waals surface area contributed by atoms with Gasteiger partial charge in [0.15, 0.2) is 0 Å². The molecule has 28 heavy (non-hydrogen) atoms. The molecular weight excluding hydrogens is 451 g/mol. The number of sulfonamides is 1. The van der Waals surface area contributed by atoms with Gasteiger partial charge in [0.25, 0.3) is 0 Å². The molecule has 0 atom stereocenters. The van der Waals surface area contributed by atoms with E-state index in [0.29, 0.717) is 0 Å². The van der Waals surface area contributed by atoms with E-state index in [1.165, 1.54) is 43.5 Å². The van der Waals surface area contributed by atoms with Gasteiger partial charge in [-0.2, -0.15) is 0 Å². The number of hydrogen-bond acceptors (Lipinski definition) is 5. The van der Waals surface area contributed by atoms with Crippen molar-refractivity contribution in [1.29, 1.82) is 0 Å². The quantitative estimate of drug-likeness (QED) is 0.654. The standard InChI is InChI=1S/C17H15Cl3N2O5S/c1-27-17(24)14-8-12(3-4-15(14)20)21-16(23)9-22(28(2,25)26)13-6-10(18)5-11(19)7-13/h3-8H,9H2,1-2H3,(H,21,23). The van der Waals surface area contributed by atoms with Crippen LogP contribution in [0.25, 0.3) is 0 Å². The number of hydrogen-bond donors (Lipinski definition) is 1. The lowest BCUT2D eigenvalue weighted by molar-refractivity contribution is -0.114. The van der Waals surface area contributed by atoms with Gasteiger partial charge < -0.3 is 10.1 Å². The smallest absolute Gasteiger partial charge is 0.339 e. The molecule has 0 saturated carbocycles. The number of methoxy groups -OCH3 is 1. The SMILES string of the molecule is COC(=O)c1cc(NC(=O)CN(c2cc(Cl)cc(Cl)c2)S(C)(=O)=O)ccc1Cl. The van der Waals surface area contributed by atoms with Crippen LogP contribution in [0.5, 0.6) is 0 Å². The van der Waals surface area contributed by atoms with E-state index < -0.39 is 28.4 Å². The number of esters is 1. The van der Waals surface area contributed by atoms with Crippen LogP contribution in [-0.4, -0.2) is 40.2 Å². The van der Waals surface area contributed by atoms with Crippen LogP contribution in [0, 0.1) is 0 Å². The van der Waals surface area contributed by atoms with E-state index in [9.17, 15) is 18.0 Å². The third kappa shape index (κ3) is 5.75. The Morgan fingerprint density at radius 3 is 2.21 bits per heavy atom. The number of carbonyl (C=O) groups is 2. The van der Waals surface area contributed by atoms with E-state index >= 15 is 0 Å². The summed E-state index contributed by atoms with van der Waals surface area (Å²) in [5, 5.41) is 3.10. The zero-order chi connectivity index (χ0) is 21.1. The molecule has 0 bridgehead atoms. The van der Waals surface area contributed by atoms with E-state index in [1.54, 1.807) is 0 Å². The monoisotopic (exact) mass is 464 g/mol. The van der Waals surface area contributed by atoms with Crippen molar-refractivity contribution in [1.82, 2.24) is 0 Å². The minimum Gasteiger partial charge on any atom is -0.465 e. The van der Waals surface area contributed by atoms with Gasteiger partial charge in [0, 0.05) is 15.7 Å². The number of ether oxygens (including phenoxy) is 1. The predicted octanol–water partition coefficient (Wildman–Crippen LogP) is 3.84. The second-order valence-corrected chi connectivity index (χ2v) is 8.82. The van der Waals surface area contributed by atoms with E-state index in [-0.39, 0.29) is 32.0 Å². The Balaban J connectivity index is 2.27. The maximum atomic E-state index is 12.4. The fourth-order valence-corrected chi connectivity index (χ4v) is 3.83. The maximum absolute atomic E-state index is 12.4. The number of anilines is 2. The van der Waals surface area contributed by atoms with Gasteiger partial charge in [-0.05, 0) is 36.4 Å². The second kappa shape index (κ2) is 9.00. The Morgan fingerprint density at radius 2 is 1.68 bits per heavy atom. The third-order valence-electron chi connectivity index (χ3n) is 3.48. The summed E-state index contributed by atoms with van der Waals surface area (Å²) in [6, 6.07) is 8.39. The summed E-state index contributed by atoms with van der Waals surface area (Å²) in [7, 11) is -2.61. The first-order chi connectivity index (χ1) is 13.0. The van der Waals surface area contributed by atoms with Crippen LogP contribution in [-0.2, 0) is 19.6 Å². The molecule has 0 aliphatic heterocycles. The van der Waals surface area contributed by atoms with Crippen molar-refractivity contribution in [2.45, 2.75) is 0 Å². The fraction of sp³-hybridized carbons (Fsp3) is 0.176. The number of rotatable bonds is 6. The summed E-state index contributed by atoms with van der Waals surface area (Å²) in [5.74, 6) is -1.33. The van der Waals surface area contributed by atoms with Crippen LogP contribution in [0.1, 0.15) is 10.4 Å². The molecule has 2 rings (SSSR count). The van der Waals surface area contributed by atoms with Gasteiger partial charge in [-0.3, -0.25) is 9.10 Å². The summed E-state index contributed by atoms with van der Waals surface area (Å²) < 4.78 is 29.8. The van der Waals surface area contributed by atoms with Crippen molar-refractivity contribution >= 4 is 68.1 Å². The van der Waals surface area contributed by atoms with Crippen molar-refractivity contribution in [2.75, 3.05) is 29.5 Å². The first-order valence-electron chi connectivity index (χ1n) is 7.63. The number of carbonyl (C=O) groups excluding carboxylic acids is 2. The Hall–Kier alpha value is -2.00. The van der Waals surface area contributed by atoms with E-state index in [0.717, 1.165) is 10.6 Å². The largest absolute Gasteiger partial charge is 0.465 e. The molecule has 0 unspecified atom stereocenters.